The Bertz CT molecular complexity index is 387. The van der Waals surface area contributed by atoms with Gasteiger partial charge in [-0.3, -0.25) is 4.90 Å². The fraction of sp³-hybridized carbons (Fsp3) is 0.250. The lowest BCUT2D eigenvalue weighted by Gasteiger charge is -2.17. The molecule has 0 aromatic heterocycles. The molecule has 0 bridgehead atoms. The second-order valence-corrected chi connectivity index (χ2v) is 4.13. The van der Waals surface area contributed by atoms with E-state index in [1.165, 1.54) is 11.1 Å². The molecule has 1 rings (SSSR count). The maximum atomic E-state index is 3.85. The Hall–Kier alpha value is -1.60. The molecule has 0 saturated heterocycles. The van der Waals surface area contributed by atoms with Crippen molar-refractivity contribution in [1.29, 1.82) is 0 Å². The highest BCUT2D eigenvalue weighted by atomic mass is 15.1. The summed E-state index contributed by atoms with van der Waals surface area (Å²) in [7, 11) is 2.12. The van der Waals surface area contributed by atoms with Crippen molar-refractivity contribution in [2.24, 2.45) is 0 Å². The number of allylic oxidation sites excluding steroid dienone is 3. The number of benzene rings is 1. The molecule has 1 aromatic carbocycles. The average molecular weight is 227 g/mol. The fourth-order valence-electron chi connectivity index (χ4n) is 1.67. The monoisotopic (exact) mass is 227 g/mol. The quantitative estimate of drug-likeness (QED) is 0.668. The minimum atomic E-state index is 0.919. The van der Waals surface area contributed by atoms with Gasteiger partial charge in [-0.15, -0.1) is 0 Å². The molecule has 0 spiro atoms. The van der Waals surface area contributed by atoms with Gasteiger partial charge < -0.3 is 0 Å². The van der Waals surface area contributed by atoms with E-state index < -0.39 is 0 Å². The predicted octanol–water partition coefficient (Wildman–Crippen LogP) is 3.81. The third-order valence-electron chi connectivity index (χ3n) is 2.51. The molecule has 1 heteroatoms. The van der Waals surface area contributed by atoms with E-state index in [-0.39, 0.29) is 0 Å². The van der Waals surface area contributed by atoms with Gasteiger partial charge in [0, 0.05) is 13.1 Å². The van der Waals surface area contributed by atoms with Crippen LogP contribution in [0.5, 0.6) is 0 Å². The molecule has 0 unspecified atom stereocenters. The summed E-state index contributed by atoms with van der Waals surface area (Å²) in [6.07, 6.45) is 8.10. The van der Waals surface area contributed by atoms with E-state index >= 15 is 0 Å². The SMILES string of the molecule is C=C/C(=C\C=C/C)CN(C)Cc1ccccc1. The van der Waals surface area contributed by atoms with Crippen LogP contribution >= 0.6 is 0 Å². The second kappa shape index (κ2) is 7.64. The minimum absolute atomic E-state index is 0.919. The molecule has 0 N–H and O–H groups in total. The highest BCUT2D eigenvalue weighted by molar-refractivity contribution is 5.23. The Kier molecular flexibility index (Phi) is 6.05. The number of likely N-dealkylation sites (N-methyl/N-ethyl adjacent to an activating group) is 1. The highest BCUT2D eigenvalue weighted by Gasteiger charge is 2.00. The van der Waals surface area contributed by atoms with Crippen molar-refractivity contribution in [3.05, 3.63) is 72.4 Å². The molecule has 0 aliphatic carbocycles. The summed E-state index contributed by atoms with van der Waals surface area (Å²) in [4.78, 5) is 2.28. The number of hydrogen-bond acceptors (Lipinski definition) is 1. The first-order valence-electron chi connectivity index (χ1n) is 5.93. The predicted molar refractivity (Wildman–Crippen MR) is 75.9 cm³/mol. The Labute approximate surface area is 105 Å². The fourth-order valence-corrected chi connectivity index (χ4v) is 1.67. The van der Waals surface area contributed by atoms with Crippen molar-refractivity contribution in [1.82, 2.24) is 4.90 Å². The molecule has 0 heterocycles. The van der Waals surface area contributed by atoms with E-state index in [0.717, 1.165) is 13.1 Å². The smallest absolute Gasteiger partial charge is 0.0234 e. The van der Waals surface area contributed by atoms with Crippen LogP contribution in [0.15, 0.2) is 66.8 Å². The van der Waals surface area contributed by atoms with E-state index in [1.54, 1.807) is 0 Å². The number of rotatable bonds is 6. The molecule has 90 valence electrons. The highest BCUT2D eigenvalue weighted by Crippen LogP contribution is 2.06. The second-order valence-electron chi connectivity index (χ2n) is 4.13. The lowest BCUT2D eigenvalue weighted by atomic mass is 10.2. The van der Waals surface area contributed by atoms with Gasteiger partial charge in [0.15, 0.2) is 0 Å². The summed E-state index contributed by atoms with van der Waals surface area (Å²) >= 11 is 0. The summed E-state index contributed by atoms with van der Waals surface area (Å²) in [5.74, 6) is 0. The van der Waals surface area contributed by atoms with Gasteiger partial charge in [0.25, 0.3) is 0 Å². The lowest BCUT2D eigenvalue weighted by molar-refractivity contribution is 0.358. The van der Waals surface area contributed by atoms with Gasteiger partial charge in [0.05, 0.1) is 0 Å². The maximum absolute atomic E-state index is 3.85. The first-order valence-corrected chi connectivity index (χ1v) is 5.93. The zero-order valence-electron chi connectivity index (χ0n) is 10.8. The van der Waals surface area contributed by atoms with Gasteiger partial charge >= 0.3 is 0 Å². The van der Waals surface area contributed by atoms with Gasteiger partial charge in [-0.25, -0.2) is 0 Å². The van der Waals surface area contributed by atoms with Crippen LogP contribution in [0.3, 0.4) is 0 Å². The summed E-state index contributed by atoms with van der Waals surface area (Å²) in [6, 6.07) is 10.5. The van der Waals surface area contributed by atoms with Gasteiger partial charge in [-0.1, -0.05) is 61.2 Å². The van der Waals surface area contributed by atoms with Crippen molar-refractivity contribution in [3.63, 3.8) is 0 Å². The van der Waals surface area contributed by atoms with Crippen LogP contribution in [0.2, 0.25) is 0 Å². The first-order chi connectivity index (χ1) is 8.26. The summed E-state index contributed by atoms with van der Waals surface area (Å²) in [5.41, 5.74) is 2.57. The zero-order valence-corrected chi connectivity index (χ0v) is 10.8. The van der Waals surface area contributed by atoms with Gasteiger partial charge in [0.1, 0.15) is 0 Å². The molecule has 1 nitrogen and oxygen atoms in total. The molecule has 0 saturated carbocycles. The van der Waals surface area contributed by atoms with Gasteiger partial charge in [0.2, 0.25) is 0 Å². The average Bonchev–Trinajstić information content (AvgIpc) is 2.35. The van der Waals surface area contributed by atoms with E-state index in [9.17, 15) is 0 Å². The lowest BCUT2D eigenvalue weighted by Crippen LogP contribution is -2.20. The van der Waals surface area contributed by atoms with E-state index in [4.69, 9.17) is 0 Å². The molecule has 0 fully saturated rings. The van der Waals surface area contributed by atoms with Crippen LogP contribution in [0, 0.1) is 0 Å². The Morgan fingerprint density at radius 3 is 2.59 bits per heavy atom. The molecular weight excluding hydrogens is 206 g/mol. The Morgan fingerprint density at radius 1 is 1.29 bits per heavy atom. The molecule has 0 atom stereocenters. The van der Waals surface area contributed by atoms with Crippen LogP contribution in [0.4, 0.5) is 0 Å². The van der Waals surface area contributed by atoms with Crippen molar-refractivity contribution in [2.75, 3.05) is 13.6 Å². The third kappa shape index (κ3) is 5.32. The Balaban J connectivity index is 2.54. The molecule has 0 amide bonds. The van der Waals surface area contributed by atoms with Gasteiger partial charge in [-0.2, -0.15) is 0 Å². The first kappa shape index (κ1) is 13.5. The minimum Gasteiger partial charge on any atom is -0.298 e. The standard InChI is InChI=1S/C16H21N/c1-4-6-10-15(5-2)13-17(3)14-16-11-8-7-9-12-16/h4-12H,2,13-14H2,1,3H3/b6-4-,15-10+. The third-order valence-corrected chi connectivity index (χ3v) is 2.51. The van der Waals surface area contributed by atoms with E-state index in [1.807, 2.05) is 31.2 Å². The summed E-state index contributed by atoms with van der Waals surface area (Å²) in [5, 5.41) is 0. The van der Waals surface area contributed by atoms with Crippen LogP contribution < -0.4 is 0 Å². The topological polar surface area (TPSA) is 3.24 Å². The van der Waals surface area contributed by atoms with Crippen molar-refractivity contribution in [3.8, 4) is 0 Å². The number of nitrogens with zero attached hydrogens (tertiary/aromatic N) is 1. The van der Waals surface area contributed by atoms with Crippen LogP contribution in [-0.2, 0) is 6.54 Å². The summed E-state index contributed by atoms with van der Waals surface area (Å²) < 4.78 is 0. The largest absolute Gasteiger partial charge is 0.298 e. The van der Waals surface area contributed by atoms with E-state index in [2.05, 4.69) is 48.9 Å². The van der Waals surface area contributed by atoms with Gasteiger partial charge in [-0.05, 0) is 25.1 Å². The van der Waals surface area contributed by atoms with Crippen molar-refractivity contribution in [2.45, 2.75) is 13.5 Å². The zero-order chi connectivity index (χ0) is 12.5. The van der Waals surface area contributed by atoms with Crippen molar-refractivity contribution >= 4 is 0 Å². The molecular formula is C16H21N. The number of hydrogen-bond donors (Lipinski definition) is 0. The van der Waals surface area contributed by atoms with Crippen LogP contribution in [-0.4, -0.2) is 18.5 Å². The van der Waals surface area contributed by atoms with Crippen LogP contribution in [0.1, 0.15) is 12.5 Å². The van der Waals surface area contributed by atoms with Crippen molar-refractivity contribution < 1.29 is 0 Å². The molecule has 0 radical (unpaired) electrons. The molecule has 1 aromatic rings. The van der Waals surface area contributed by atoms with E-state index in [0.29, 0.717) is 0 Å². The maximum Gasteiger partial charge on any atom is 0.0234 e. The van der Waals surface area contributed by atoms with Crippen LogP contribution in [0.25, 0.3) is 0 Å². The molecule has 17 heavy (non-hydrogen) atoms. The molecule has 0 aliphatic rings. The normalized spacial score (nSPS) is 12.3. The summed E-state index contributed by atoms with van der Waals surface area (Å²) in [6.45, 7) is 7.74. The Morgan fingerprint density at radius 2 is 2.00 bits per heavy atom. The molecule has 0 aliphatic heterocycles.